The van der Waals surface area contributed by atoms with Crippen LogP contribution in [-0.4, -0.2) is 11.8 Å². The topological polar surface area (TPSA) is 41.6 Å². The lowest BCUT2D eigenvalue weighted by Crippen LogP contribution is -2.65. The Kier molecular flexibility index (Phi) is 3.07. The lowest BCUT2D eigenvalue weighted by Gasteiger charge is -2.50. The number of ether oxygens (including phenoxy) is 1. The number of hydrogen-bond acceptors (Lipinski definition) is 2. The number of carbonyl (C=O) groups is 1. The third-order valence-electron chi connectivity index (χ3n) is 4.59. The zero-order valence-corrected chi connectivity index (χ0v) is 13.7. The van der Waals surface area contributed by atoms with E-state index >= 15 is 0 Å². The molecule has 2 heterocycles. The zero-order chi connectivity index (χ0) is 16.2. The molecule has 1 fully saturated rings. The van der Waals surface area contributed by atoms with E-state index < -0.39 is 5.72 Å². The molecule has 5 heteroatoms. The highest BCUT2D eigenvalue weighted by atomic mass is 35.5. The number of hydrogen-bond donors (Lipinski definition) is 1. The van der Waals surface area contributed by atoms with Crippen molar-refractivity contribution in [3.63, 3.8) is 0 Å². The Balaban J connectivity index is 1.81. The molecule has 0 aliphatic carbocycles. The van der Waals surface area contributed by atoms with Gasteiger partial charge in [-0.15, -0.1) is 0 Å². The van der Waals surface area contributed by atoms with Crippen LogP contribution in [0.3, 0.4) is 0 Å². The molecule has 0 radical (unpaired) electrons. The quantitative estimate of drug-likeness (QED) is 0.842. The summed E-state index contributed by atoms with van der Waals surface area (Å²) >= 11 is 6.24. The van der Waals surface area contributed by atoms with Gasteiger partial charge in [0.2, 0.25) is 0 Å². The molecule has 1 N–H and O–H groups in total. The first kappa shape index (κ1) is 14.4. The molecule has 0 aromatic heterocycles. The minimum Gasteiger partial charge on any atom is -0.467 e. The largest absolute Gasteiger partial charge is 0.467 e. The normalized spacial score (nSPS) is 25.4. The Labute approximate surface area is 140 Å². The first-order valence-electron chi connectivity index (χ1n) is 7.63. The van der Waals surface area contributed by atoms with Gasteiger partial charge in [-0.3, -0.25) is 4.90 Å². The van der Waals surface area contributed by atoms with Gasteiger partial charge in [0, 0.05) is 17.0 Å². The number of aryl methyl sites for hydroxylation is 1. The Morgan fingerprint density at radius 3 is 2.87 bits per heavy atom. The summed E-state index contributed by atoms with van der Waals surface area (Å²) in [5.41, 5.74) is 2.00. The number of rotatable bonds is 1. The number of amides is 2. The van der Waals surface area contributed by atoms with Crippen molar-refractivity contribution < 1.29 is 9.53 Å². The van der Waals surface area contributed by atoms with Crippen molar-refractivity contribution in [2.75, 3.05) is 4.90 Å². The number of nitrogens with zero attached hydrogens (tertiary/aromatic N) is 1. The van der Waals surface area contributed by atoms with Crippen LogP contribution in [0.2, 0.25) is 5.02 Å². The molecule has 4 nitrogen and oxygen atoms in total. The van der Waals surface area contributed by atoms with Gasteiger partial charge >= 0.3 is 6.03 Å². The zero-order valence-electron chi connectivity index (χ0n) is 13.0. The second kappa shape index (κ2) is 4.90. The number of fused-ring (bicyclic) bond motifs is 4. The standard InChI is InChI=1S/C18H17ClN2O2/c1-11-7-8-12(9-14(11)19)21-17(22)20-15-10-18(21,2)23-16-6-4-3-5-13(15)16/h3-9,15H,10H2,1-2H3,(H,20,22)/t15-,18+/m1/s1. The van der Waals surface area contributed by atoms with Crippen LogP contribution in [0.4, 0.5) is 10.5 Å². The van der Waals surface area contributed by atoms with Crippen molar-refractivity contribution in [1.82, 2.24) is 5.32 Å². The smallest absolute Gasteiger partial charge is 0.325 e. The number of benzene rings is 2. The maximum atomic E-state index is 12.7. The first-order chi connectivity index (χ1) is 11.0. The third-order valence-corrected chi connectivity index (χ3v) is 5.00. The van der Waals surface area contributed by atoms with Crippen LogP contribution in [0.5, 0.6) is 5.75 Å². The molecule has 1 saturated heterocycles. The van der Waals surface area contributed by atoms with Crippen LogP contribution in [0, 0.1) is 6.92 Å². The van der Waals surface area contributed by atoms with Gasteiger partial charge < -0.3 is 10.1 Å². The monoisotopic (exact) mass is 328 g/mol. The fourth-order valence-electron chi connectivity index (χ4n) is 3.43. The minimum atomic E-state index is -0.736. The number of nitrogens with one attached hydrogen (secondary N) is 1. The van der Waals surface area contributed by atoms with Crippen molar-refractivity contribution in [2.45, 2.75) is 32.0 Å². The highest BCUT2D eigenvalue weighted by molar-refractivity contribution is 6.31. The van der Waals surface area contributed by atoms with Gasteiger partial charge in [-0.2, -0.15) is 0 Å². The van der Waals surface area contributed by atoms with E-state index in [1.54, 1.807) is 4.90 Å². The average Bonchev–Trinajstić information content (AvgIpc) is 2.50. The van der Waals surface area contributed by atoms with E-state index in [1.165, 1.54) is 0 Å². The predicted octanol–water partition coefficient (Wildman–Crippen LogP) is 4.42. The molecule has 0 spiro atoms. The second-order valence-electron chi connectivity index (χ2n) is 6.29. The van der Waals surface area contributed by atoms with Crippen molar-refractivity contribution in [1.29, 1.82) is 0 Å². The second-order valence-corrected chi connectivity index (χ2v) is 6.70. The average molecular weight is 329 g/mol. The maximum Gasteiger partial charge on any atom is 0.325 e. The Morgan fingerprint density at radius 2 is 2.09 bits per heavy atom. The van der Waals surface area contributed by atoms with Crippen LogP contribution < -0.4 is 15.0 Å². The third kappa shape index (κ3) is 2.17. The number of para-hydroxylation sites is 1. The summed E-state index contributed by atoms with van der Waals surface area (Å²) in [5, 5.41) is 3.71. The van der Waals surface area contributed by atoms with E-state index in [0.29, 0.717) is 11.4 Å². The molecule has 4 rings (SSSR count). The predicted molar refractivity (Wildman–Crippen MR) is 90.0 cm³/mol. The van der Waals surface area contributed by atoms with E-state index in [1.807, 2.05) is 56.3 Å². The lowest BCUT2D eigenvalue weighted by atomic mass is 9.90. The van der Waals surface area contributed by atoms with Crippen LogP contribution in [-0.2, 0) is 0 Å². The van der Waals surface area contributed by atoms with E-state index in [0.717, 1.165) is 22.6 Å². The summed E-state index contributed by atoms with van der Waals surface area (Å²) in [4.78, 5) is 14.4. The number of urea groups is 1. The van der Waals surface area contributed by atoms with E-state index in [2.05, 4.69) is 5.32 Å². The van der Waals surface area contributed by atoms with Gasteiger partial charge in [-0.1, -0.05) is 35.9 Å². The summed E-state index contributed by atoms with van der Waals surface area (Å²) in [7, 11) is 0. The maximum absolute atomic E-state index is 12.7. The van der Waals surface area contributed by atoms with Crippen LogP contribution >= 0.6 is 11.6 Å². The molecule has 2 atom stereocenters. The van der Waals surface area contributed by atoms with E-state index in [9.17, 15) is 4.79 Å². The van der Waals surface area contributed by atoms with Crippen molar-refractivity contribution in [3.8, 4) is 5.75 Å². The molecular weight excluding hydrogens is 312 g/mol. The van der Waals surface area contributed by atoms with Crippen molar-refractivity contribution in [2.24, 2.45) is 0 Å². The highest BCUT2D eigenvalue weighted by Gasteiger charge is 2.49. The molecular formula is C18H17ClN2O2. The van der Waals surface area contributed by atoms with Gasteiger partial charge in [0.25, 0.3) is 0 Å². The minimum absolute atomic E-state index is 0.0328. The molecule has 2 amide bonds. The molecule has 2 aliphatic rings. The van der Waals surface area contributed by atoms with Gasteiger partial charge in [0.1, 0.15) is 5.75 Å². The van der Waals surface area contributed by atoms with Crippen LogP contribution in [0.25, 0.3) is 0 Å². The number of carbonyl (C=O) groups excluding carboxylic acids is 1. The number of halogens is 1. The van der Waals surface area contributed by atoms with Crippen LogP contribution in [0.15, 0.2) is 42.5 Å². The molecule has 0 saturated carbocycles. The number of anilines is 1. The molecule has 0 unspecified atom stereocenters. The molecule has 118 valence electrons. The molecule has 2 aromatic rings. The fraction of sp³-hybridized carbons (Fsp3) is 0.278. The summed E-state index contributed by atoms with van der Waals surface area (Å²) in [6.07, 6.45) is 0.682. The van der Waals surface area contributed by atoms with Crippen molar-refractivity contribution >= 4 is 23.3 Å². The Hall–Kier alpha value is -2.20. The summed E-state index contributed by atoms with van der Waals surface area (Å²) in [5.74, 6) is 0.814. The lowest BCUT2D eigenvalue weighted by molar-refractivity contribution is 0.0379. The summed E-state index contributed by atoms with van der Waals surface area (Å²) < 4.78 is 6.22. The van der Waals surface area contributed by atoms with Gasteiger partial charge in [-0.25, -0.2) is 4.79 Å². The van der Waals surface area contributed by atoms with E-state index in [-0.39, 0.29) is 12.1 Å². The summed E-state index contributed by atoms with van der Waals surface area (Å²) in [6, 6.07) is 13.3. The van der Waals surface area contributed by atoms with E-state index in [4.69, 9.17) is 16.3 Å². The Morgan fingerprint density at radius 1 is 1.30 bits per heavy atom. The molecule has 2 aromatic carbocycles. The van der Waals surface area contributed by atoms with Crippen LogP contribution in [0.1, 0.15) is 30.5 Å². The van der Waals surface area contributed by atoms with Gasteiger partial charge in [-0.05, 0) is 37.6 Å². The first-order valence-corrected chi connectivity index (χ1v) is 8.00. The molecule has 23 heavy (non-hydrogen) atoms. The highest BCUT2D eigenvalue weighted by Crippen LogP contribution is 2.45. The Bertz CT molecular complexity index is 807. The fourth-order valence-corrected chi connectivity index (χ4v) is 3.61. The van der Waals surface area contributed by atoms with Crippen molar-refractivity contribution in [3.05, 3.63) is 58.6 Å². The molecule has 2 aliphatic heterocycles. The molecule has 2 bridgehead atoms. The van der Waals surface area contributed by atoms with Gasteiger partial charge in [0.05, 0.1) is 11.7 Å². The summed E-state index contributed by atoms with van der Waals surface area (Å²) in [6.45, 7) is 3.88. The van der Waals surface area contributed by atoms with Gasteiger partial charge in [0.15, 0.2) is 5.72 Å². The SMILES string of the molecule is Cc1ccc(N2C(=O)N[C@@H]3C[C@]2(C)Oc2ccccc23)cc1Cl.